The van der Waals surface area contributed by atoms with Crippen LogP contribution in [0.1, 0.15) is 50.2 Å². The molecule has 1 saturated carbocycles. The molecular weight excluding hydrogens is 342 g/mol. The van der Waals surface area contributed by atoms with E-state index in [9.17, 15) is 14.4 Å². The Balaban J connectivity index is 1.51. The second-order valence-electron chi connectivity index (χ2n) is 8.37. The first-order valence-corrected chi connectivity index (χ1v) is 9.94. The maximum absolute atomic E-state index is 13.0. The van der Waals surface area contributed by atoms with Crippen molar-refractivity contribution in [3.63, 3.8) is 0 Å². The Labute approximate surface area is 159 Å². The van der Waals surface area contributed by atoms with E-state index in [-0.39, 0.29) is 18.4 Å². The number of fused-ring (bicyclic) bond motifs is 1. The average Bonchev–Trinajstić information content (AvgIpc) is 2.87. The molecule has 0 bridgehead atoms. The van der Waals surface area contributed by atoms with Crippen LogP contribution in [-0.4, -0.2) is 41.4 Å². The van der Waals surface area contributed by atoms with Crippen molar-refractivity contribution in [1.29, 1.82) is 0 Å². The fourth-order valence-electron chi connectivity index (χ4n) is 4.62. The fraction of sp³-hybridized carbons (Fsp3) is 0.571. The highest BCUT2D eigenvalue weighted by molar-refractivity contribution is 6.10. The smallest absolute Gasteiger partial charge is 0.323 e. The van der Waals surface area contributed by atoms with Crippen molar-refractivity contribution in [2.45, 2.75) is 57.9 Å². The summed E-state index contributed by atoms with van der Waals surface area (Å²) in [5.41, 5.74) is 2.45. The zero-order valence-electron chi connectivity index (χ0n) is 16.1. The minimum Gasteiger partial charge on any atom is -0.323 e. The van der Waals surface area contributed by atoms with Gasteiger partial charge in [0.25, 0.3) is 5.91 Å². The second kappa shape index (κ2) is 6.66. The van der Waals surface area contributed by atoms with Gasteiger partial charge in [0.05, 0.1) is 0 Å². The molecule has 0 unspecified atom stereocenters. The quantitative estimate of drug-likeness (QED) is 0.815. The highest BCUT2D eigenvalue weighted by atomic mass is 16.2. The average molecular weight is 369 g/mol. The van der Waals surface area contributed by atoms with E-state index in [1.165, 1.54) is 5.56 Å². The predicted octanol–water partition coefficient (Wildman–Crippen LogP) is 2.77. The maximum atomic E-state index is 13.0. The molecule has 1 aliphatic carbocycles. The van der Waals surface area contributed by atoms with Crippen LogP contribution >= 0.6 is 0 Å². The van der Waals surface area contributed by atoms with Gasteiger partial charge in [-0.05, 0) is 63.0 Å². The third kappa shape index (κ3) is 3.11. The maximum Gasteiger partial charge on any atom is 0.325 e. The van der Waals surface area contributed by atoms with Gasteiger partial charge in [-0.25, -0.2) is 4.79 Å². The molecule has 2 heterocycles. The molecule has 0 atom stereocenters. The van der Waals surface area contributed by atoms with Gasteiger partial charge < -0.3 is 10.2 Å². The molecule has 0 aromatic heterocycles. The molecular formula is C21H27N3O3. The summed E-state index contributed by atoms with van der Waals surface area (Å²) in [6, 6.07) is 5.65. The number of urea groups is 1. The van der Waals surface area contributed by atoms with Crippen LogP contribution in [0.15, 0.2) is 18.2 Å². The second-order valence-corrected chi connectivity index (χ2v) is 8.37. The van der Waals surface area contributed by atoms with Crippen molar-refractivity contribution in [2.24, 2.45) is 5.92 Å². The topological polar surface area (TPSA) is 69.7 Å². The van der Waals surface area contributed by atoms with Gasteiger partial charge in [-0.15, -0.1) is 0 Å². The summed E-state index contributed by atoms with van der Waals surface area (Å²) < 4.78 is 0. The molecule has 6 nitrogen and oxygen atoms in total. The van der Waals surface area contributed by atoms with Gasteiger partial charge >= 0.3 is 6.03 Å². The number of nitrogens with zero attached hydrogens (tertiary/aromatic N) is 2. The van der Waals surface area contributed by atoms with Crippen LogP contribution in [0.5, 0.6) is 0 Å². The van der Waals surface area contributed by atoms with Gasteiger partial charge in [-0.1, -0.05) is 24.6 Å². The lowest BCUT2D eigenvalue weighted by atomic mass is 9.77. The van der Waals surface area contributed by atoms with Gasteiger partial charge in [0.15, 0.2) is 0 Å². The summed E-state index contributed by atoms with van der Waals surface area (Å²) in [5, 5.41) is 2.89. The van der Waals surface area contributed by atoms with Crippen LogP contribution in [0.4, 0.5) is 10.5 Å². The Morgan fingerprint density at radius 1 is 1.26 bits per heavy atom. The Hall–Kier alpha value is -2.37. The first kappa shape index (κ1) is 18.0. The van der Waals surface area contributed by atoms with Crippen molar-refractivity contribution in [3.05, 3.63) is 29.3 Å². The molecule has 27 heavy (non-hydrogen) atoms. The monoisotopic (exact) mass is 369 g/mol. The number of amides is 4. The van der Waals surface area contributed by atoms with Gasteiger partial charge in [0.2, 0.25) is 5.91 Å². The SMILES string of the molecule is Cc1ccc2c(c1)CCCN2C(=O)CN1C(=O)NC2(CCC(C)CC2)C1=O. The van der Waals surface area contributed by atoms with E-state index in [4.69, 9.17) is 0 Å². The van der Waals surface area contributed by atoms with Gasteiger partial charge in [0, 0.05) is 12.2 Å². The lowest BCUT2D eigenvalue weighted by Gasteiger charge is -2.34. The number of carbonyl (C=O) groups excluding carboxylic acids is 3. The molecule has 3 aliphatic rings. The third-order valence-electron chi connectivity index (χ3n) is 6.32. The molecule has 1 spiro atoms. The van der Waals surface area contributed by atoms with E-state index in [2.05, 4.69) is 18.3 Å². The van der Waals surface area contributed by atoms with E-state index < -0.39 is 11.6 Å². The lowest BCUT2D eigenvalue weighted by molar-refractivity contribution is -0.135. The third-order valence-corrected chi connectivity index (χ3v) is 6.32. The molecule has 1 saturated heterocycles. The summed E-state index contributed by atoms with van der Waals surface area (Å²) in [7, 11) is 0. The number of hydrogen-bond acceptors (Lipinski definition) is 3. The van der Waals surface area contributed by atoms with Crippen LogP contribution in [0.3, 0.4) is 0 Å². The Kier molecular flexibility index (Phi) is 4.44. The number of nitrogens with one attached hydrogen (secondary N) is 1. The molecule has 4 amide bonds. The fourth-order valence-corrected chi connectivity index (χ4v) is 4.62. The first-order chi connectivity index (χ1) is 12.9. The van der Waals surface area contributed by atoms with E-state index >= 15 is 0 Å². The molecule has 144 valence electrons. The number of imide groups is 1. The number of carbonyl (C=O) groups is 3. The Morgan fingerprint density at radius 3 is 2.74 bits per heavy atom. The summed E-state index contributed by atoms with van der Waals surface area (Å²) in [6.07, 6.45) is 5.01. The van der Waals surface area contributed by atoms with Crippen LogP contribution in [-0.2, 0) is 16.0 Å². The number of hydrogen-bond donors (Lipinski definition) is 1. The molecule has 2 aliphatic heterocycles. The summed E-state index contributed by atoms with van der Waals surface area (Å²) in [6.45, 7) is 4.65. The molecule has 1 aromatic rings. The van der Waals surface area contributed by atoms with Crippen LogP contribution in [0.2, 0.25) is 0 Å². The van der Waals surface area contributed by atoms with Gasteiger partial charge in [-0.2, -0.15) is 0 Å². The van der Waals surface area contributed by atoms with Crippen LogP contribution < -0.4 is 10.2 Å². The number of benzene rings is 1. The first-order valence-electron chi connectivity index (χ1n) is 9.94. The molecule has 1 N–H and O–H groups in total. The summed E-state index contributed by atoms with van der Waals surface area (Å²) >= 11 is 0. The van der Waals surface area contributed by atoms with E-state index in [0.717, 1.165) is 41.8 Å². The minimum absolute atomic E-state index is 0.185. The van der Waals surface area contributed by atoms with E-state index in [1.807, 2.05) is 19.1 Å². The largest absolute Gasteiger partial charge is 0.325 e. The molecule has 1 aromatic carbocycles. The van der Waals surface area contributed by atoms with Gasteiger partial charge in [-0.3, -0.25) is 14.5 Å². The van der Waals surface area contributed by atoms with Gasteiger partial charge in [0.1, 0.15) is 12.1 Å². The normalized spacial score (nSPS) is 27.7. The minimum atomic E-state index is -0.791. The highest BCUT2D eigenvalue weighted by Gasteiger charge is 2.52. The highest BCUT2D eigenvalue weighted by Crippen LogP contribution is 2.36. The zero-order chi connectivity index (χ0) is 19.2. The van der Waals surface area contributed by atoms with Crippen LogP contribution in [0.25, 0.3) is 0 Å². The Bertz CT molecular complexity index is 796. The predicted molar refractivity (Wildman–Crippen MR) is 102 cm³/mol. The van der Waals surface area contributed by atoms with E-state index in [0.29, 0.717) is 25.3 Å². The molecule has 0 radical (unpaired) electrons. The summed E-state index contributed by atoms with van der Waals surface area (Å²) in [5.74, 6) is 0.155. The van der Waals surface area contributed by atoms with Crippen LogP contribution in [0, 0.1) is 12.8 Å². The standard InChI is InChI=1S/C21H27N3O3/c1-14-7-9-21(10-8-14)19(26)24(20(27)22-21)13-18(25)23-11-3-4-16-12-15(2)5-6-17(16)23/h5-6,12,14H,3-4,7-11,13H2,1-2H3,(H,22,27). The molecule has 4 rings (SSSR count). The lowest BCUT2D eigenvalue weighted by Crippen LogP contribution is -2.50. The van der Waals surface area contributed by atoms with Crippen molar-refractivity contribution in [2.75, 3.05) is 18.0 Å². The number of anilines is 1. The number of aryl methyl sites for hydroxylation is 2. The van der Waals surface area contributed by atoms with Crippen molar-refractivity contribution < 1.29 is 14.4 Å². The van der Waals surface area contributed by atoms with E-state index in [1.54, 1.807) is 4.90 Å². The van der Waals surface area contributed by atoms with Crippen molar-refractivity contribution in [1.82, 2.24) is 10.2 Å². The van der Waals surface area contributed by atoms with Crippen molar-refractivity contribution in [3.8, 4) is 0 Å². The summed E-state index contributed by atoms with van der Waals surface area (Å²) in [4.78, 5) is 41.3. The molecule has 6 heteroatoms. The van der Waals surface area contributed by atoms with Crippen molar-refractivity contribution >= 4 is 23.5 Å². The Morgan fingerprint density at radius 2 is 2.00 bits per heavy atom. The zero-order valence-corrected chi connectivity index (χ0v) is 16.1. The molecule has 2 fully saturated rings. The number of rotatable bonds is 2.